The molecule has 1 aromatic rings. The molecule has 0 amide bonds. The Balaban J connectivity index is 1.95. The van der Waals surface area contributed by atoms with Crippen molar-refractivity contribution in [2.24, 2.45) is 0 Å². The maximum atomic E-state index is 5.42. The summed E-state index contributed by atoms with van der Waals surface area (Å²) in [6, 6.07) is 0.493. The lowest BCUT2D eigenvalue weighted by atomic mass is 10.2. The van der Waals surface area contributed by atoms with E-state index in [2.05, 4.69) is 42.7 Å². The van der Waals surface area contributed by atoms with Crippen LogP contribution in [0.15, 0.2) is 16.9 Å². The van der Waals surface area contributed by atoms with Crippen LogP contribution in [0.1, 0.15) is 6.42 Å². The van der Waals surface area contributed by atoms with E-state index in [1.165, 1.54) is 0 Å². The highest BCUT2D eigenvalue weighted by Gasteiger charge is 2.30. The lowest BCUT2D eigenvalue weighted by molar-refractivity contribution is 0.111. The largest absolute Gasteiger partial charge is 0.380 e. The summed E-state index contributed by atoms with van der Waals surface area (Å²) in [6.45, 7) is 1.91. The van der Waals surface area contributed by atoms with Crippen molar-refractivity contribution in [2.45, 2.75) is 18.6 Å². The third-order valence-electron chi connectivity index (χ3n) is 3.42. The molecule has 5 nitrogen and oxygen atoms in total. The molecule has 100 valence electrons. The van der Waals surface area contributed by atoms with E-state index in [1.54, 1.807) is 19.5 Å². The Morgan fingerprint density at radius 2 is 2.17 bits per heavy atom. The molecular weight excluding hydrogens is 296 g/mol. The summed E-state index contributed by atoms with van der Waals surface area (Å²) < 4.78 is 6.32. The number of hydrogen-bond donors (Lipinski definition) is 0. The van der Waals surface area contributed by atoms with Crippen LogP contribution in [-0.2, 0) is 4.74 Å². The smallest absolute Gasteiger partial charge is 0.225 e. The first kappa shape index (κ1) is 13.7. The van der Waals surface area contributed by atoms with Gasteiger partial charge < -0.3 is 9.64 Å². The van der Waals surface area contributed by atoms with E-state index >= 15 is 0 Å². The molecule has 2 heterocycles. The fraction of sp³-hybridized carbons (Fsp3) is 0.667. The SMILES string of the molecule is CO[C@H]1C[C@@H](CN(C)c2ncc(Br)cn2)N(C)C1. The van der Waals surface area contributed by atoms with Gasteiger partial charge in [0.25, 0.3) is 0 Å². The molecule has 1 aliphatic heterocycles. The molecule has 1 saturated heterocycles. The van der Waals surface area contributed by atoms with Gasteiger partial charge >= 0.3 is 0 Å². The lowest BCUT2D eigenvalue weighted by Crippen LogP contribution is -2.37. The fourth-order valence-corrected chi connectivity index (χ4v) is 2.52. The molecule has 2 atom stereocenters. The maximum absolute atomic E-state index is 5.42. The van der Waals surface area contributed by atoms with Gasteiger partial charge in [0.2, 0.25) is 5.95 Å². The Labute approximate surface area is 116 Å². The molecule has 6 heteroatoms. The molecule has 0 saturated carbocycles. The van der Waals surface area contributed by atoms with Gasteiger partial charge in [-0.1, -0.05) is 0 Å². The van der Waals surface area contributed by atoms with Crippen LogP contribution >= 0.6 is 15.9 Å². The first-order valence-corrected chi connectivity index (χ1v) is 6.81. The van der Waals surface area contributed by atoms with Crippen molar-refractivity contribution < 1.29 is 4.74 Å². The number of rotatable bonds is 4. The van der Waals surface area contributed by atoms with Gasteiger partial charge in [-0.05, 0) is 29.4 Å². The normalized spacial score (nSPS) is 24.4. The van der Waals surface area contributed by atoms with Gasteiger partial charge in [-0.2, -0.15) is 0 Å². The van der Waals surface area contributed by atoms with Gasteiger partial charge in [0.1, 0.15) is 0 Å². The van der Waals surface area contributed by atoms with Crippen LogP contribution in [0.5, 0.6) is 0 Å². The van der Waals surface area contributed by atoms with Crippen LogP contribution < -0.4 is 4.90 Å². The number of methoxy groups -OCH3 is 1. The van der Waals surface area contributed by atoms with Gasteiger partial charge in [0, 0.05) is 45.7 Å². The average molecular weight is 315 g/mol. The highest BCUT2D eigenvalue weighted by Crippen LogP contribution is 2.20. The second-order valence-corrected chi connectivity index (χ2v) is 5.68. The van der Waals surface area contributed by atoms with Crippen molar-refractivity contribution in [3.8, 4) is 0 Å². The third kappa shape index (κ3) is 3.18. The standard InChI is InChI=1S/C12H19BrN4O/c1-16-8-11(18-3)4-10(16)7-17(2)12-14-5-9(13)6-15-12/h5-6,10-11H,4,7-8H2,1-3H3/t10-,11-/m0/s1. The third-order valence-corrected chi connectivity index (χ3v) is 3.83. The average Bonchev–Trinajstić information content (AvgIpc) is 2.71. The van der Waals surface area contributed by atoms with Gasteiger partial charge in [-0.25, -0.2) is 9.97 Å². The van der Waals surface area contributed by atoms with Crippen LogP contribution in [0, 0.1) is 0 Å². The quantitative estimate of drug-likeness (QED) is 0.840. The van der Waals surface area contributed by atoms with Crippen molar-refractivity contribution in [2.75, 3.05) is 39.2 Å². The van der Waals surface area contributed by atoms with E-state index in [9.17, 15) is 0 Å². The molecular formula is C12H19BrN4O. The predicted octanol–water partition coefficient (Wildman–Crippen LogP) is 1.39. The number of hydrogen-bond acceptors (Lipinski definition) is 5. The summed E-state index contributed by atoms with van der Waals surface area (Å²) in [6.07, 6.45) is 4.96. The van der Waals surface area contributed by atoms with Crippen molar-refractivity contribution >= 4 is 21.9 Å². The van der Waals surface area contributed by atoms with Gasteiger partial charge in [-0.3, -0.25) is 4.90 Å². The molecule has 1 fully saturated rings. The zero-order chi connectivity index (χ0) is 13.1. The number of aromatic nitrogens is 2. The van der Waals surface area contributed by atoms with Gasteiger partial charge in [0.15, 0.2) is 0 Å². The zero-order valence-corrected chi connectivity index (χ0v) is 12.6. The summed E-state index contributed by atoms with van der Waals surface area (Å²) in [7, 11) is 5.94. The summed E-state index contributed by atoms with van der Waals surface area (Å²) in [4.78, 5) is 13.0. The number of nitrogens with zero attached hydrogens (tertiary/aromatic N) is 4. The van der Waals surface area contributed by atoms with E-state index < -0.39 is 0 Å². The monoisotopic (exact) mass is 314 g/mol. The molecule has 18 heavy (non-hydrogen) atoms. The Morgan fingerprint density at radius 1 is 1.50 bits per heavy atom. The highest BCUT2D eigenvalue weighted by atomic mass is 79.9. The second kappa shape index (κ2) is 5.95. The second-order valence-electron chi connectivity index (χ2n) is 4.77. The van der Waals surface area contributed by atoms with Crippen LogP contribution in [0.2, 0.25) is 0 Å². The Bertz CT molecular complexity index is 386. The van der Waals surface area contributed by atoms with E-state index in [0.29, 0.717) is 12.1 Å². The van der Waals surface area contributed by atoms with Crippen LogP contribution in [0.4, 0.5) is 5.95 Å². The number of anilines is 1. The Kier molecular flexibility index (Phi) is 4.53. The minimum atomic E-state index is 0.347. The van der Waals surface area contributed by atoms with E-state index in [0.717, 1.165) is 29.9 Å². The molecule has 0 unspecified atom stereocenters. The summed E-state index contributed by atoms with van der Waals surface area (Å²) in [5, 5.41) is 0. The number of likely N-dealkylation sites (tertiary alicyclic amines) is 1. The molecule has 0 aromatic carbocycles. The minimum Gasteiger partial charge on any atom is -0.380 e. The predicted molar refractivity (Wildman–Crippen MR) is 74.8 cm³/mol. The number of ether oxygens (including phenoxy) is 1. The van der Waals surface area contributed by atoms with Crippen molar-refractivity contribution in [1.29, 1.82) is 0 Å². The van der Waals surface area contributed by atoms with Crippen LogP contribution in [-0.4, -0.2) is 61.3 Å². The molecule has 0 aliphatic carbocycles. The molecule has 0 N–H and O–H groups in total. The van der Waals surface area contributed by atoms with Crippen molar-refractivity contribution in [3.63, 3.8) is 0 Å². The molecule has 0 radical (unpaired) electrons. The van der Waals surface area contributed by atoms with Gasteiger partial charge in [0.05, 0.1) is 10.6 Å². The minimum absolute atomic E-state index is 0.347. The molecule has 1 aliphatic rings. The summed E-state index contributed by atoms with van der Waals surface area (Å²) in [5.41, 5.74) is 0. The first-order chi connectivity index (χ1) is 8.60. The topological polar surface area (TPSA) is 41.5 Å². The van der Waals surface area contributed by atoms with Crippen molar-refractivity contribution in [3.05, 3.63) is 16.9 Å². The Morgan fingerprint density at radius 3 is 2.72 bits per heavy atom. The van der Waals surface area contributed by atoms with E-state index in [1.807, 2.05) is 7.05 Å². The fourth-order valence-electron chi connectivity index (χ4n) is 2.31. The summed E-state index contributed by atoms with van der Waals surface area (Å²) >= 11 is 3.34. The molecule has 0 bridgehead atoms. The van der Waals surface area contributed by atoms with Crippen LogP contribution in [0.3, 0.4) is 0 Å². The lowest BCUT2D eigenvalue weighted by Gasteiger charge is -2.25. The maximum Gasteiger partial charge on any atom is 0.225 e. The molecule has 0 spiro atoms. The van der Waals surface area contributed by atoms with Crippen LogP contribution in [0.25, 0.3) is 0 Å². The molecule has 1 aromatic heterocycles. The Hall–Kier alpha value is -0.720. The zero-order valence-electron chi connectivity index (χ0n) is 11.0. The highest BCUT2D eigenvalue weighted by molar-refractivity contribution is 9.10. The number of halogens is 1. The van der Waals surface area contributed by atoms with Gasteiger partial charge in [-0.15, -0.1) is 0 Å². The first-order valence-electron chi connectivity index (χ1n) is 6.02. The number of likely N-dealkylation sites (N-methyl/N-ethyl adjacent to an activating group) is 2. The van der Waals surface area contributed by atoms with E-state index in [-0.39, 0.29) is 0 Å². The summed E-state index contributed by atoms with van der Waals surface area (Å²) in [5.74, 6) is 0.757. The van der Waals surface area contributed by atoms with Crippen molar-refractivity contribution in [1.82, 2.24) is 14.9 Å². The molecule has 2 rings (SSSR count). The van der Waals surface area contributed by atoms with E-state index in [4.69, 9.17) is 4.74 Å².